The second kappa shape index (κ2) is 7.00. The van der Waals surface area contributed by atoms with Crippen molar-refractivity contribution >= 4 is 29.0 Å². The molecule has 2 aromatic rings. The van der Waals surface area contributed by atoms with Crippen molar-refractivity contribution in [1.82, 2.24) is 4.90 Å². The maximum Gasteiger partial charge on any atom is 0.288 e. The highest BCUT2D eigenvalue weighted by Gasteiger charge is 2.23. The van der Waals surface area contributed by atoms with E-state index in [9.17, 15) is 13.6 Å². The van der Waals surface area contributed by atoms with E-state index in [4.69, 9.17) is 0 Å². The van der Waals surface area contributed by atoms with Crippen LogP contribution in [0.1, 0.15) is 16.8 Å². The van der Waals surface area contributed by atoms with Gasteiger partial charge >= 0.3 is 0 Å². The summed E-state index contributed by atoms with van der Waals surface area (Å²) in [5.74, 6) is -2.41. The van der Waals surface area contributed by atoms with Gasteiger partial charge in [0.25, 0.3) is 11.7 Å². The fourth-order valence-corrected chi connectivity index (χ4v) is 2.84. The van der Waals surface area contributed by atoms with Gasteiger partial charge in [0.15, 0.2) is 0 Å². The van der Waals surface area contributed by atoms with E-state index in [1.54, 1.807) is 30.3 Å². The van der Waals surface area contributed by atoms with E-state index in [-0.39, 0.29) is 5.91 Å². The summed E-state index contributed by atoms with van der Waals surface area (Å²) in [5, 5.41) is 3.19. The van der Waals surface area contributed by atoms with Crippen molar-refractivity contribution in [2.75, 3.05) is 18.4 Å². The molecule has 3 rings (SSSR count). The lowest BCUT2D eigenvalue weighted by Crippen LogP contribution is -2.42. The summed E-state index contributed by atoms with van der Waals surface area (Å²) in [6, 6.07) is 14.1. The molecule has 1 aliphatic heterocycles. The van der Waals surface area contributed by atoms with Gasteiger partial charge in [0, 0.05) is 23.7 Å². The molecule has 6 heteroatoms. The molecule has 1 saturated heterocycles. The van der Waals surface area contributed by atoms with Crippen molar-refractivity contribution in [2.24, 2.45) is 0 Å². The first-order chi connectivity index (χ1) is 11.1. The predicted molar refractivity (Wildman–Crippen MR) is 88.5 cm³/mol. The first-order valence-corrected chi connectivity index (χ1v) is 8.21. The molecule has 2 aromatic carbocycles. The minimum Gasteiger partial charge on any atom is -0.355 e. The summed E-state index contributed by atoms with van der Waals surface area (Å²) in [6.07, 6.45) is 1.05. The molecule has 120 valence electrons. The number of hydrogen-bond donors (Lipinski definition) is 1. The lowest BCUT2D eigenvalue weighted by molar-refractivity contribution is 0.0653. The topological polar surface area (TPSA) is 32.3 Å². The molecule has 1 amide bonds. The average molecular weight is 334 g/mol. The Balaban J connectivity index is 1.76. The molecule has 1 fully saturated rings. The maximum atomic E-state index is 12.4. The number of carbonyl (C=O) groups excluding carboxylic acids is 1. The number of nitrogens with one attached hydrogen (secondary N) is 1. The zero-order chi connectivity index (χ0) is 16.2. The van der Waals surface area contributed by atoms with E-state index >= 15 is 0 Å². The Morgan fingerprint density at radius 1 is 1.09 bits per heavy atom. The highest BCUT2D eigenvalue weighted by atomic mass is 32.2. The van der Waals surface area contributed by atoms with Crippen molar-refractivity contribution in [3.05, 3.63) is 54.1 Å². The van der Waals surface area contributed by atoms with Crippen LogP contribution in [0.4, 0.5) is 20.2 Å². The molecule has 0 saturated carbocycles. The monoisotopic (exact) mass is 334 g/mol. The Bertz CT molecular complexity index is 687. The van der Waals surface area contributed by atoms with E-state index in [1.165, 1.54) is 0 Å². The van der Waals surface area contributed by atoms with Crippen LogP contribution in [0.25, 0.3) is 0 Å². The second-order valence-corrected chi connectivity index (χ2v) is 6.28. The lowest BCUT2D eigenvalue weighted by atomic mass is 10.1. The number of rotatable bonds is 5. The van der Waals surface area contributed by atoms with Crippen molar-refractivity contribution in [3.63, 3.8) is 0 Å². The van der Waals surface area contributed by atoms with Gasteiger partial charge in [-0.1, -0.05) is 23.9 Å². The smallest absolute Gasteiger partial charge is 0.288 e. The predicted octanol–water partition coefficient (Wildman–Crippen LogP) is 4.59. The number of likely N-dealkylation sites (tertiary alicyclic amines) is 1. The fraction of sp³-hybridized carbons (Fsp3) is 0.235. The molecule has 0 bridgehead atoms. The van der Waals surface area contributed by atoms with Crippen molar-refractivity contribution in [3.8, 4) is 0 Å². The van der Waals surface area contributed by atoms with Gasteiger partial charge in [0.05, 0.1) is 11.3 Å². The van der Waals surface area contributed by atoms with Gasteiger partial charge in [0.1, 0.15) is 0 Å². The van der Waals surface area contributed by atoms with E-state index in [0.717, 1.165) is 30.9 Å². The molecule has 0 atom stereocenters. The summed E-state index contributed by atoms with van der Waals surface area (Å²) in [5.41, 5.74) is 2.10. The number of halogens is 2. The third kappa shape index (κ3) is 3.82. The first kappa shape index (κ1) is 15.8. The van der Waals surface area contributed by atoms with Crippen molar-refractivity contribution in [2.45, 2.75) is 17.1 Å². The highest BCUT2D eigenvalue weighted by molar-refractivity contribution is 7.99. The Kier molecular flexibility index (Phi) is 4.81. The van der Waals surface area contributed by atoms with Gasteiger partial charge in [-0.05, 0) is 42.8 Å². The van der Waals surface area contributed by atoms with Crippen molar-refractivity contribution < 1.29 is 13.6 Å². The number of para-hydroxylation sites is 1. The summed E-state index contributed by atoms with van der Waals surface area (Å²) < 4.78 is 24.7. The van der Waals surface area contributed by atoms with Gasteiger partial charge in [-0.2, -0.15) is 8.78 Å². The van der Waals surface area contributed by atoms with Crippen LogP contribution < -0.4 is 5.32 Å². The van der Waals surface area contributed by atoms with Crippen LogP contribution in [0.2, 0.25) is 0 Å². The van der Waals surface area contributed by atoms with Crippen LogP contribution in [-0.4, -0.2) is 29.7 Å². The second-order valence-electron chi connectivity index (χ2n) is 5.22. The third-order valence-electron chi connectivity index (χ3n) is 3.66. The number of carbonyl (C=O) groups is 1. The molecule has 1 N–H and O–H groups in total. The SMILES string of the molecule is O=C(c1ccccc1Nc1ccc(SC(F)F)cc1)N1CCC1. The van der Waals surface area contributed by atoms with E-state index < -0.39 is 5.76 Å². The molecule has 0 unspecified atom stereocenters. The fourth-order valence-electron chi connectivity index (χ4n) is 2.34. The Hall–Kier alpha value is -2.08. The summed E-state index contributed by atoms with van der Waals surface area (Å²) in [7, 11) is 0. The highest BCUT2D eigenvalue weighted by Crippen LogP contribution is 2.28. The molecule has 0 spiro atoms. The maximum absolute atomic E-state index is 12.4. The number of thioether (sulfide) groups is 1. The number of anilines is 2. The van der Waals surface area contributed by atoms with Crippen LogP contribution in [0.5, 0.6) is 0 Å². The molecule has 23 heavy (non-hydrogen) atoms. The largest absolute Gasteiger partial charge is 0.355 e. The standard InChI is InChI=1S/C17H16F2N2OS/c18-17(19)23-13-8-6-12(7-9-13)20-15-5-2-1-4-14(15)16(22)21-10-3-11-21/h1-2,4-9,17,20H,3,10-11H2. The van der Waals surface area contributed by atoms with Crippen LogP contribution in [0.15, 0.2) is 53.4 Å². The van der Waals surface area contributed by atoms with Gasteiger partial charge in [-0.15, -0.1) is 0 Å². The molecular weight excluding hydrogens is 318 g/mol. The first-order valence-electron chi connectivity index (χ1n) is 7.34. The summed E-state index contributed by atoms with van der Waals surface area (Å²) >= 11 is 0.514. The summed E-state index contributed by atoms with van der Waals surface area (Å²) in [6.45, 7) is 1.60. The minimum atomic E-state index is -2.43. The van der Waals surface area contributed by atoms with Crippen LogP contribution >= 0.6 is 11.8 Å². The Labute approximate surface area is 137 Å². The quantitative estimate of drug-likeness (QED) is 0.812. The molecule has 0 aromatic heterocycles. The number of hydrogen-bond acceptors (Lipinski definition) is 3. The number of alkyl halides is 2. The van der Waals surface area contributed by atoms with Gasteiger partial charge < -0.3 is 10.2 Å². The van der Waals surface area contributed by atoms with Crippen LogP contribution in [-0.2, 0) is 0 Å². The van der Waals surface area contributed by atoms with E-state index in [2.05, 4.69) is 5.32 Å². The molecule has 3 nitrogen and oxygen atoms in total. The molecular formula is C17H16F2N2OS. The van der Waals surface area contributed by atoms with Crippen LogP contribution in [0.3, 0.4) is 0 Å². The molecule has 1 aliphatic rings. The molecule has 1 heterocycles. The molecule has 0 aliphatic carbocycles. The Morgan fingerprint density at radius 2 is 1.78 bits per heavy atom. The van der Waals surface area contributed by atoms with E-state index in [0.29, 0.717) is 22.2 Å². The van der Waals surface area contributed by atoms with E-state index in [1.807, 2.05) is 23.1 Å². The number of amides is 1. The Morgan fingerprint density at radius 3 is 2.39 bits per heavy atom. The van der Waals surface area contributed by atoms with Gasteiger partial charge in [0.2, 0.25) is 0 Å². The zero-order valence-corrected chi connectivity index (χ0v) is 13.2. The molecule has 0 radical (unpaired) electrons. The lowest BCUT2D eigenvalue weighted by Gasteiger charge is -2.31. The summed E-state index contributed by atoms with van der Waals surface area (Å²) in [4.78, 5) is 14.7. The minimum absolute atomic E-state index is 0.0178. The zero-order valence-electron chi connectivity index (χ0n) is 12.3. The average Bonchev–Trinajstić information content (AvgIpc) is 2.47. The van der Waals surface area contributed by atoms with Gasteiger partial charge in [-0.25, -0.2) is 0 Å². The number of nitrogens with zero attached hydrogens (tertiary/aromatic N) is 1. The number of benzene rings is 2. The normalized spacial score (nSPS) is 13.8. The third-order valence-corrected chi connectivity index (χ3v) is 4.38. The van der Waals surface area contributed by atoms with Crippen LogP contribution in [0, 0.1) is 0 Å². The van der Waals surface area contributed by atoms with Crippen molar-refractivity contribution in [1.29, 1.82) is 0 Å². The van der Waals surface area contributed by atoms with Gasteiger partial charge in [-0.3, -0.25) is 4.79 Å².